The number of hydrogen-bond acceptors (Lipinski definition) is 4. The number of amides is 1. The molecule has 0 aliphatic heterocycles. The predicted molar refractivity (Wildman–Crippen MR) is 101 cm³/mol. The second-order valence-corrected chi connectivity index (χ2v) is 7.67. The number of rotatable bonds is 10. The molecule has 0 aliphatic rings. The highest BCUT2D eigenvalue weighted by molar-refractivity contribution is 7.89. The number of nitrogens with one attached hydrogen (secondary N) is 2. The molecule has 1 amide bonds. The lowest BCUT2D eigenvalue weighted by Crippen LogP contribution is -2.27. The van der Waals surface area contributed by atoms with Crippen LogP contribution in [0.25, 0.3) is 0 Å². The van der Waals surface area contributed by atoms with Crippen molar-refractivity contribution in [2.75, 3.05) is 26.8 Å². The zero-order chi connectivity index (χ0) is 19.7. The number of benzene rings is 2. The van der Waals surface area contributed by atoms with E-state index in [1.54, 1.807) is 19.2 Å². The molecule has 2 rings (SSSR count). The van der Waals surface area contributed by atoms with E-state index in [9.17, 15) is 17.6 Å². The van der Waals surface area contributed by atoms with Gasteiger partial charge in [-0.25, -0.2) is 17.5 Å². The summed E-state index contributed by atoms with van der Waals surface area (Å²) in [4.78, 5) is 12.2. The van der Waals surface area contributed by atoms with Gasteiger partial charge >= 0.3 is 0 Å². The summed E-state index contributed by atoms with van der Waals surface area (Å²) in [7, 11) is -2.05. The molecule has 0 saturated heterocycles. The Morgan fingerprint density at radius 1 is 1.04 bits per heavy atom. The van der Waals surface area contributed by atoms with Crippen molar-refractivity contribution >= 4 is 15.9 Å². The van der Waals surface area contributed by atoms with E-state index in [1.165, 1.54) is 36.4 Å². The van der Waals surface area contributed by atoms with Crippen LogP contribution in [0.5, 0.6) is 0 Å². The number of carbonyl (C=O) groups excluding carboxylic acids is 1. The Balaban J connectivity index is 1.86. The third kappa shape index (κ3) is 6.74. The second-order valence-electron chi connectivity index (χ2n) is 5.90. The van der Waals surface area contributed by atoms with E-state index in [-0.39, 0.29) is 23.2 Å². The van der Waals surface area contributed by atoms with Crippen LogP contribution in [-0.2, 0) is 21.2 Å². The molecule has 2 aromatic rings. The van der Waals surface area contributed by atoms with Crippen LogP contribution >= 0.6 is 0 Å². The topological polar surface area (TPSA) is 84.5 Å². The van der Waals surface area contributed by atoms with Gasteiger partial charge in [0, 0.05) is 32.4 Å². The summed E-state index contributed by atoms with van der Waals surface area (Å²) >= 11 is 0. The summed E-state index contributed by atoms with van der Waals surface area (Å²) in [5.41, 5.74) is 1.28. The van der Waals surface area contributed by atoms with Crippen LogP contribution in [0.2, 0.25) is 0 Å². The highest BCUT2D eigenvalue weighted by Crippen LogP contribution is 2.11. The highest BCUT2D eigenvalue weighted by atomic mass is 32.2. The fourth-order valence-corrected chi connectivity index (χ4v) is 3.44. The second kappa shape index (κ2) is 10.1. The Morgan fingerprint density at radius 3 is 2.33 bits per heavy atom. The summed E-state index contributed by atoms with van der Waals surface area (Å²) in [5.74, 6) is -0.597. The van der Waals surface area contributed by atoms with E-state index >= 15 is 0 Å². The first-order valence-electron chi connectivity index (χ1n) is 8.54. The molecular formula is C19H23FN2O4S. The van der Waals surface area contributed by atoms with Crippen molar-refractivity contribution < 1.29 is 22.3 Å². The lowest BCUT2D eigenvalue weighted by molar-refractivity contribution is 0.0954. The van der Waals surface area contributed by atoms with Crippen molar-refractivity contribution in [1.29, 1.82) is 0 Å². The molecule has 0 unspecified atom stereocenters. The predicted octanol–water partition coefficient (Wildman–Crippen LogP) is 2.11. The van der Waals surface area contributed by atoms with Gasteiger partial charge in [-0.05, 0) is 54.8 Å². The summed E-state index contributed by atoms with van der Waals surface area (Å²) in [5, 5.41) is 2.76. The molecule has 0 saturated carbocycles. The summed E-state index contributed by atoms with van der Waals surface area (Å²) in [6.07, 6.45) is 1.15. The first-order valence-corrected chi connectivity index (χ1v) is 10.0. The van der Waals surface area contributed by atoms with Crippen molar-refractivity contribution in [3.63, 3.8) is 0 Å². The standard InChI is InChI=1S/C19H23FN2O4S/c1-26-14-2-12-22-27(24,25)18-9-5-16(6-10-18)19(23)21-13-11-15-3-7-17(20)8-4-15/h3-10,22H,2,11-14H2,1H3,(H,21,23). The Bertz CT molecular complexity index is 837. The van der Waals surface area contributed by atoms with Crippen molar-refractivity contribution in [2.45, 2.75) is 17.7 Å². The lowest BCUT2D eigenvalue weighted by Gasteiger charge is -2.08. The average Bonchev–Trinajstić information content (AvgIpc) is 2.67. The first-order chi connectivity index (χ1) is 12.9. The van der Waals surface area contributed by atoms with Gasteiger partial charge in [0.05, 0.1) is 4.90 Å². The fraction of sp³-hybridized carbons (Fsp3) is 0.316. The van der Waals surface area contributed by atoms with Gasteiger partial charge in [0.15, 0.2) is 0 Å². The van der Waals surface area contributed by atoms with E-state index < -0.39 is 10.0 Å². The van der Waals surface area contributed by atoms with Crippen molar-refractivity contribution in [3.05, 3.63) is 65.5 Å². The van der Waals surface area contributed by atoms with Crippen LogP contribution in [0.1, 0.15) is 22.3 Å². The smallest absolute Gasteiger partial charge is 0.251 e. The van der Waals surface area contributed by atoms with E-state index in [1.807, 2.05) is 0 Å². The number of ether oxygens (including phenoxy) is 1. The SMILES string of the molecule is COCCCNS(=O)(=O)c1ccc(C(=O)NCCc2ccc(F)cc2)cc1. The number of sulfonamides is 1. The number of halogens is 1. The van der Waals surface area contributed by atoms with Gasteiger partial charge in [0.2, 0.25) is 10.0 Å². The lowest BCUT2D eigenvalue weighted by atomic mass is 10.1. The molecule has 0 bridgehead atoms. The Kier molecular flexibility index (Phi) is 7.90. The quantitative estimate of drug-likeness (QED) is 0.605. The zero-order valence-corrected chi connectivity index (χ0v) is 15.9. The largest absolute Gasteiger partial charge is 0.385 e. The molecule has 0 heterocycles. The fourth-order valence-electron chi connectivity index (χ4n) is 2.37. The molecule has 0 atom stereocenters. The molecule has 0 aromatic heterocycles. The minimum atomic E-state index is -3.61. The third-order valence-electron chi connectivity index (χ3n) is 3.86. The van der Waals surface area contributed by atoms with Gasteiger partial charge in [-0.1, -0.05) is 12.1 Å². The molecule has 6 nitrogen and oxygen atoms in total. The summed E-state index contributed by atoms with van der Waals surface area (Å²) in [6, 6.07) is 11.8. The number of carbonyl (C=O) groups is 1. The van der Waals surface area contributed by atoms with Crippen molar-refractivity contribution in [2.24, 2.45) is 0 Å². The van der Waals surface area contributed by atoms with Crippen molar-refractivity contribution in [3.8, 4) is 0 Å². The van der Waals surface area contributed by atoms with Gasteiger partial charge in [-0.2, -0.15) is 0 Å². The molecule has 2 N–H and O–H groups in total. The molecule has 0 aliphatic carbocycles. The zero-order valence-electron chi connectivity index (χ0n) is 15.1. The average molecular weight is 394 g/mol. The van der Waals surface area contributed by atoms with Crippen LogP contribution in [-0.4, -0.2) is 41.1 Å². The first kappa shape index (κ1) is 21.0. The maximum absolute atomic E-state index is 12.9. The Hall–Kier alpha value is -2.29. The van der Waals surface area contributed by atoms with Crippen LogP contribution in [0.3, 0.4) is 0 Å². The minimum Gasteiger partial charge on any atom is -0.385 e. The van der Waals surface area contributed by atoms with E-state index in [0.717, 1.165) is 5.56 Å². The van der Waals surface area contributed by atoms with Gasteiger partial charge in [-0.3, -0.25) is 4.79 Å². The maximum atomic E-state index is 12.9. The molecule has 146 valence electrons. The molecule has 0 fully saturated rings. The summed E-state index contributed by atoms with van der Waals surface area (Å²) < 4.78 is 44.5. The van der Waals surface area contributed by atoms with E-state index in [4.69, 9.17) is 4.74 Å². The van der Waals surface area contributed by atoms with Gasteiger partial charge in [0.25, 0.3) is 5.91 Å². The minimum absolute atomic E-state index is 0.0998. The van der Waals surface area contributed by atoms with Crippen LogP contribution < -0.4 is 10.0 Å². The van der Waals surface area contributed by atoms with E-state index in [2.05, 4.69) is 10.0 Å². The molecular weight excluding hydrogens is 371 g/mol. The maximum Gasteiger partial charge on any atom is 0.251 e. The number of hydrogen-bond donors (Lipinski definition) is 2. The molecule has 27 heavy (non-hydrogen) atoms. The van der Waals surface area contributed by atoms with Crippen molar-refractivity contribution in [1.82, 2.24) is 10.0 Å². The third-order valence-corrected chi connectivity index (χ3v) is 5.33. The highest BCUT2D eigenvalue weighted by Gasteiger charge is 2.14. The summed E-state index contributed by atoms with van der Waals surface area (Å²) in [6.45, 7) is 1.15. The Morgan fingerprint density at radius 2 is 1.70 bits per heavy atom. The number of methoxy groups -OCH3 is 1. The monoisotopic (exact) mass is 394 g/mol. The molecule has 8 heteroatoms. The van der Waals surface area contributed by atoms with E-state index in [0.29, 0.717) is 31.6 Å². The Labute approximate surface area is 158 Å². The van der Waals surface area contributed by atoms with Gasteiger partial charge in [0.1, 0.15) is 5.82 Å². The normalized spacial score (nSPS) is 11.3. The van der Waals surface area contributed by atoms with Crippen LogP contribution in [0.4, 0.5) is 4.39 Å². The molecule has 2 aromatic carbocycles. The van der Waals surface area contributed by atoms with Crippen LogP contribution in [0.15, 0.2) is 53.4 Å². The van der Waals surface area contributed by atoms with Crippen LogP contribution in [0, 0.1) is 5.82 Å². The molecule has 0 radical (unpaired) electrons. The van der Waals surface area contributed by atoms with Gasteiger partial charge in [-0.15, -0.1) is 0 Å². The molecule has 0 spiro atoms. The van der Waals surface area contributed by atoms with Gasteiger partial charge < -0.3 is 10.1 Å².